The molecule has 0 saturated carbocycles. The molecule has 106 valence electrons. The second-order valence-electron chi connectivity index (χ2n) is 6.16. The van der Waals surface area contributed by atoms with Gasteiger partial charge in [-0.05, 0) is 41.2 Å². The predicted molar refractivity (Wildman–Crippen MR) is 87.8 cm³/mol. The van der Waals surface area contributed by atoms with Gasteiger partial charge in [0.05, 0.1) is 0 Å². The molecule has 1 aliphatic carbocycles. The van der Waals surface area contributed by atoms with Crippen molar-refractivity contribution >= 4 is 23.5 Å². The first-order chi connectivity index (χ1) is 9.97. The Morgan fingerprint density at radius 3 is 2.43 bits per heavy atom. The maximum Gasteiger partial charge on any atom is 0.189 e. The van der Waals surface area contributed by atoms with Gasteiger partial charge in [0.1, 0.15) is 0 Å². The highest BCUT2D eigenvalue weighted by molar-refractivity contribution is 6.30. The highest BCUT2D eigenvalue weighted by Crippen LogP contribution is 2.39. The largest absolute Gasteiger partial charge is 0.289 e. The molecule has 21 heavy (non-hydrogen) atoms. The molecule has 0 spiro atoms. The van der Waals surface area contributed by atoms with Gasteiger partial charge in [0.15, 0.2) is 5.78 Å². The highest BCUT2D eigenvalue weighted by atomic mass is 35.5. The van der Waals surface area contributed by atoms with Crippen LogP contribution in [0, 0.1) is 0 Å². The van der Waals surface area contributed by atoms with Crippen molar-refractivity contribution in [3.8, 4) is 0 Å². The van der Waals surface area contributed by atoms with E-state index in [1.807, 2.05) is 48.5 Å². The average molecular weight is 297 g/mol. The monoisotopic (exact) mass is 296 g/mol. The van der Waals surface area contributed by atoms with E-state index in [2.05, 4.69) is 19.9 Å². The van der Waals surface area contributed by atoms with E-state index in [-0.39, 0.29) is 11.2 Å². The fraction of sp³-hybridized carbons (Fsp3) is 0.211. The lowest BCUT2D eigenvalue weighted by molar-refractivity contribution is 0.101. The second-order valence-corrected chi connectivity index (χ2v) is 6.59. The van der Waals surface area contributed by atoms with Crippen LogP contribution in [0.2, 0.25) is 5.02 Å². The topological polar surface area (TPSA) is 17.1 Å². The SMILES string of the molecule is CC1(C)C/C(=C\c2ccc(Cl)cc2)C(=O)c2ccccc21. The van der Waals surface area contributed by atoms with Gasteiger partial charge in [-0.25, -0.2) is 0 Å². The Kier molecular flexibility index (Phi) is 3.46. The molecule has 0 atom stereocenters. The quantitative estimate of drug-likeness (QED) is 0.654. The Labute approximate surface area is 130 Å². The lowest BCUT2D eigenvalue weighted by Crippen LogP contribution is -2.29. The second kappa shape index (κ2) is 5.16. The van der Waals surface area contributed by atoms with Crippen LogP contribution in [0.5, 0.6) is 0 Å². The number of hydrogen-bond acceptors (Lipinski definition) is 1. The number of halogens is 1. The molecule has 1 nitrogen and oxygen atoms in total. The zero-order valence-corrected chi connectivity index (χ0v) is 12.9. The molecule has 2 aromatic carbocycles. The molecule has 0 fully saturated rings. The third kappa shape index (κ3) is 2.66. The van der Waals surface area contributed by atoms with Crippen molar-refractivity contribution in [1.29, 1.82) is 0 Å². The van der Waals surface area contributed by atoms with E-state index in [4.69, 9.17) is 11.6 Å². The fourth-order valence-electron chi connectivity index (χ4n) is 2.97. The molecule has 3 rings (SSSR count). The van der Waals surface area contributed by atoms with Crippen molar-refractivity contribution in [2.24, 2.45) is 0 Å². The summed E-state index contributed by atoms with van der Waals surface area (Å²) in [5.74, 6) is 0.139. The minimum absolute atomic E-state index is 0.0250. The van der Waals surface area contributed by atoms with Gasteiger partial charge in [-0.15, -0.1) is 0 Å². The Balaban J connectivity index is 2.06. The van der Waals surface area contributed by atoms with Crippen molar-refractivity contribution in [3.05, 3.63) is 75.8 Å². The van der Waals surface area contributed by atoms with Gasteiger partial charge < -0.3 is 0 Å². The molecule has 2 heteroatoms. The lowest BCUT2D eigenvalue weighted by atomic mass is 9.70. The third-order valence-corrected chi connectivity index (χ3v) is 4.29. The van der Waals surface area contributed by atoms with Gasteiger partial charge in [-0.1, -0.05) is 61.8 Å². The summed E-state index contributed by atoms with van der Waals surface area (Å²) in [5.41, 5.74) is 3.82. The molecule has 0 radical (unpaired) electrons. The molecular formula is C19H17ClO. The lowest BCUT2D eigenvalue weighted by Gasteiger charge is -2.33. The van der Waals surface area contributed by atoms with E-state index in [0.29, 0.717) is 5.02 Å². The number of carbonyl (C=O) groups is 1. The van der Waals surface area contributed by atoms with Crippen LogP contribution >= 0.6 is 11.6 Å². The standard InChI is InChI=1S/C19H17ClO/c1-19(2)12-14(11-13-7-9-15(20)10-8-13)18(21)16-5-3-4-6-17(16)19/h3-11H,12H2,1-2H3/b14-11+. The summed E-state index contributed by atoms with van der Waals surface area (Å²) in [6.45, 7) is 4.38. The van der Waals surface area contributed by atoms with E-state index in [0.717, 1.165) is 28.7 Å². The normalized spacial score (nSPS) is 18.6. The van der Waals surface area contributed by atoms with Crippen molar-refractivity contribution in [2.75, 3.05) is 0 Å². The van der Waals surface area contributed by atoms with E-state index in [1.54, 1.807) is 0 Å². The van der Waals surface area contributed by atoms with Crippen LogP contribution in [0.25, 0.3) is 6.08 Å². The molecule has 0 aliphatic heterocycles. The number of carbonyl (C=O) groups excluding carboxylic acids is 1. The highest BCUT2D eigenvalue weighted by Gasteiger charge is 2.34. The maximum absolute atomic E-state index is 12.7. The summed E-state index contributed by atoms with van der Waals surface area (Å²) in [5, 5.41) is 0.706. The number of fused-ring (bicyclic) bond motifs is 1. The van der Waals surface area contributed by atoms with Gasteiger partial charge in [-0.2, -0.15) is 0 Å². The van der Waals surface area contributed by atoms with Crippen LogP contribution in [0.4, 0.5) is 0 Å². The van der Waals surface area contributed by atoms with Crippen LogP contribution in [0.1, 0.15) is 41.8 Å². The van der Waals surface area contributed by atoms with Crippen LogP contribution in [0.15, 0.2) is 54.1 Å². The van der Waals surface area contributed by atoms with E-state index in [9.17, 15) is 4.79 Å². The number of ketones is 1. The average Bonchev–Trinajstić information content (AvgIpc) is 2.47. The smallest absolute Gasteiger partial charge is 0.189 e. The van der Waals surface area contributed by atoms with Gasteiger partial charge in [0.25, 0.3) is 0 Å². The van der Waals surface area contributed by atoms with Gasteiger partial charge in [-0.3, -0.25) is 4.79 Å². The van der Waals surface area contributed by atoms with Gasteiger partial charge in [0, 0.05) is 16.2 Å². The Hall–Kier alpha value is -1.86. The van der Waals surface area contributed by atoms with Crippen LogP contribution in [-0.2, 0) is 5.41 Å². The zero-order valence-electron chi connectivity index (χ0n) is 12.2. The number of benzene rings is 2. The van der Waals surface area contributed by atoms with Crippen LogP contribution < -0.4 is 0 Å². The molecular weight excluding hydrogens is 280 g/mol. The first-order valence-corrected chi connectivity index (χ1v) is 7.45. The first kappa shape index (κ1) is 14.1. The molecule has 0 bridgehead atoms. The Morgan fingerprint density at radius 1 is 1.05 bits per heavy atom. The summed E-state index contributed by atoms with van der Waals surface area (Å²) in [4.78, 5) is 12.7. The molecule has 0 N–H and O–H groups in total. The number of Topliss-reactive ketones (excluding diaryl/α,β-unsaturated/α-hetero) is 1. The first-order valence-electron chi connectivity index (χ1n) is 7.08. The van der Waals surface area contributed by atoms with E-state index < -0.39 is 0 Å². The van der Waals surface area contributed by atoms with E-state index in [1.165, 1.54) is 0 Å². The Morgan fingerprint density at radius 2 is 1.71 bits per heavy atom. The minimum atomic E-state index is -0.0250. The molecule has 1 aliphatic rings. The number of rotatable bonds is 1. The van der Waals surface area contributed by atoms with Crippen molar-refractivity contribution < 1.29 is 4.79 Å². The number of hydrogen-bond donors (Lipinski definition) is 0. The molecule has 2 aromatic rings. The molecule has 0 aromatic heterocycles. The summed E-state index contributed by atoms with van der Waals surface area (Å²) in [7, 11) is 0. The van der Waals surface area contributed by atoms with Gasteiger partial charge >= 0.3 is 0 Å². The molecule has 0 unspecified atom stereocenters. The fourth-order valence-corrected chi connectivity index (χ4v) is 3.10. The Bertz CT molecular complexity index is 723. The minimum Gasteiger partial charge on any atom is -0.289 e. The van der Waals surface area contributed by atoms with Crippen molar-refractivity contribution in [3.63, 3.8) is 0 Å². The summed E-state index contributed by atoms with van der Waals surface area (Å²) < 4.78 is 0. The third-order valence-electron chi connectivity index (χ3n) is 4.04. The molecule has 0 amide bonds. The predicted octanol–water partition coefficient (Wildman–Crippen LogP) is 5.29. The van der Waals surface area contributed by atoms with Crippen LogP contribution in [-0.4, -0.2) is 5.78 Å². The zero-order chi connectivity index (χ0) is 15.0. The summed E-state index contributed by atoms with van der Waals surface area (Å²) >= 11 is 5.91. The maximum atomic E-state index is 12.7. The van der Waals surface area contributed by atoms with Crippen LogP contribution in [0.3, 0.4) is 0 Å². The number of allylic oxidation sites excluding steroid dienone is 1. The summed E-state index contributed by atoms with van der Waals surface area (Å²) in [6.07, 6.45) is 2.74. The van der Waals surface area contributed by atoms with E-state index >= 15 is 0 Å². The summed E-state index contributed by atoms with van der Waals surface area (Å²) in [6, 6.07) is 15.5. The van der Waals surface area contributed by atoms with Crippen molar-refractivity contribution in [2.45, 2.75) is 25.7 Å². The van der Waals surface area contributed by atoms with Crippen molar-refractivity contribution in [1.82, 2.24) is 0 Å². The molecule has 0 saturated heterocycles. The van der Waals surface area contributed by atoms with Gasteiger partial charge in [0.2, 0.25) is 0 Å². The molecule has 0 heterocycles.